The number of carbonyl (C=O) groups excluding carboxylic acids is 2. The third-order valence-electron chi connectivity index (χ3n) is 3.97. The first-order valence-corrected chi connectivity index (χ1v) is 10.3. The summed E-state index contributed by atoms with van der Waals surface area (Å²) >= 11 is 0. The Balaban J connectivity index is 1.84. The molecule has 3 aromatic rings. The summed E-state index contributed by atoms with van der Waals surface area (Å²) in [7, 11) is 0.674. The zero-order valence-corrected chi connectivity index (χ0v) is 15.2. The smallest absolute Gasteiger partial charge is 0.139 e. The number of hydrogen-bond acceptors (Lipinski definition) is 2. The van der Waals surface area contributed by atoms with Crippen LogP contribution >= 0.6 is 17.2 Å². The number of fused-ring (bicyclic) bond motifs is 1. The van der Waals surface area contributed by atoms with Crippen LogP contribution in [0.15, 0.2) is 60.7 Å². The summed E-state index contributed by atoms with van der Waals surface area (Å²) < 4.78 is 0. The highest BCUT2D eigenvalue weighted by atomic mass is 31.1. The van der Waals surface area contributed by atoms with Gasteiger partial charge in [-0.15, -0.1) is 0 Å². The number of benzene rings is 3. The standard InChI is InChI=1S/C20H18O2P2/c21-13-23-11-15-1-4-17(5-2-15)19-8-7-18-9-16(12-24-14-22)3-6-20(18)10-19/h1-10,13-14,23-24H,11-12H2. The maximum atomic E-state index is 10.5. The molecule has 0 saturated heterocycles. The minimum absolute atomic E-state index is 0.335. The van der Waals surface area contributed by atoms with Crippen LogP contribution in [0.4, 0.5) is 0 Å². The van der Waals surface area contributed by atoms with Crippen LogP contribution in [0.25, 0.3) is 21.9 Å². The van der Waals surface area contributed by atoms with E-state index in [0.717, 1.165) is 24.4 Å². The highest BCUT2D eigenvalue weighted by Crippen LogP contribution is 2.27. The first kappa shape index (κ1) is 17.0. The first-order chi connectivity index (χ1) is 11.8. The normalized spacial score (nSPS) is 11.7. The lowest BCUT2D eigenvalue weighted by Crippen LogP contribution is -1.84. The number of hydrogen-bond donors (Lipinski definition) is 0. The molecule has 0 aliphatic heterocycles. The molecule has 0 spiro atoms. The topological polar surface area (TPSA) is 34.1 Å². The highest BCUT2D eigenvalue weighted by molar-refractivity contribution is 7.54. The molecule has 0 fully saturated rings. The number of rotatable bonds is 7. The second-order valence-electron chi connectivity index (χ2n) is 5.59. The van der Waals surface area contributed by atoms with Crippen molar-refractivity contribution in [3.63, 3.8) is 0 Å². The van der Waals surface area contributed by atoms with Crippen LogP contribution in [0.1, 0.15) is 11.1 Å². The van der Waals surface area contributed by atoms with E-state index in [4.69, 9.17) is 0 Å². The predicted molar refractivity (Wildman–Crippen MR) is 107 cm³/mol. The van der Waals surface area contributed by atoms with Crippen molar-refractivity contribution in [1.82, 2.24) is 0 Å². The summed E-state index contributed by atoms with van der Waals surface area (Å²) in [6.45, 7) is 0. The Kier molecular flexibility index (Phi) is 5.86. The van der Waals surface area contributed by atoms with Crippen LogP contribution < -0.4 is 0 Å². The second kappa shape index (κ2) is 8.29. The van der Waals surface area contributed by atoms with Crippen LogP contribution in [0, 0.1) is 0 Å². The van der Waals surface area contributed by atoms with Crippen molar-refractivity contribution >= 4 is 40.0 Å². The minimum atomic E-state index is 0.335. The largest absolute Gasteiger partial charge is 0.299 e. The fourth-order valence-electron chi connectivity index (χ4n) is 2.72. The van der Waals surface area contributed by atoms with Crippen molar-refractivity contribution in [1.29, 1.82) is 0 Å². The molecule has 0 amide bonds. The van der Waals surface area contributed by atoms with Gasteiger partial charge < -0.3 is 0 Å². The van der Waals surface area contributed by atoms with Crippen molar-refractivity contribution in [3.8, 4) is 11.1 Å². The fourth-order valence-corrected chi connectivity index (χ4v) is 3.81. The van der Waals surface area contributed by atoms with Crippen LogP contribution in [-0.4, -0.2) is 12.1 Å². The Morgan fingerprint density at radius 1 is 0.625 bits per heavy atom. The molecule has 24 heavy (non-hydrogen) atoms. The SMILES string of the molecule is O=CPCc1ccc(-c2ccc3cc(CPC=O)ccc3c2)cc1. The van der Waals surface area contributed by atoms with Crippen molar-refractivity contribution in [2.75, 3.05) is 0 Å². The van der Waals surface area contributed by atoms with Gasteiger partial charge >= 0.3 is 0 Å². The van der Waals surface area contributed by atoms with Crippen LogP contribution in [0.2, 0.25) is 0 Å². The molecule has 0 aromatic heterocycles. The molecule has 3 aromatic carbocycles. The van der Waals surface area contributed by atoms with Gasteiger partial charge in [-0.1, -0.05) is 54.6 Å². The van der Waals surface area contributed by atoms with Gasteiger partial charge in [0.2, 0.25) is 0 Å². The molecule has 0 aliphatic rings. The molecule has 2 nitrogen and oxygen atoms in total. The van der Waals surface area contributed by atoms with Crippen LogP contribution in [0.3, 0.4) is 0 Å². The van der Waals surface area contributed by atoms with Crippen LogP contribution in [-0.2, 0) is 21.9 Å². The summed E-state index contributed by atoms with van der Waals surface area (Å²) in [5.41, 5.74) is 4.78. The molecule has 2 atom stereocenters. The first-order valence-electron chi connectivity index (χ1n) is 7.76. The average Bonchev–Trinajstić information content (AvgIpc) is 2.64. The van der Waals surface area contributed by atoms with Gasteiger partial charge in [0.05, 0.1) is 0 Å². The lowest BCUT2D eigenvalue weighted by atomic mass is 9.99. The lowest BCUT2D eigenvalue weighted by Gasteiger charge is -2.07. The van der Waals surface area contributed by atoms with E-state index < -0.39 is 0 Å². The van der Waals surface area contributed by atoms with Gasteiger partial charge in [-0.3, -0.25) is 9.59 Å². The lowest BCUT2D eigenvalue weighted by molar-refractivity contribution is 0.569. The van der Waals surface area contributed by atoms with E-state index in [1.807, 2.05) is 0 Å². The van der Waals surface area contributed by atoms with Crippen molar-refractivity contribution in [3.05, 3.63) is 71.8 Å². The zero-order valence-electron chi connectivity index (χ0n) is 13.2. The summed E-state index contributed by atoms with van der Waals surface area (Å²) in [5, 5.41) is 2.41. The van der Waals surface area contributed by atoms with Gasteiger partial charge in [0.25, 0.3) is 0 Å². The molecule has 4 heteroatoms. The van der Waals surface area contributed by atoms with E-state index in [1.54, 1.807) is 0 Å². The molecular weight excluding hydrogens is 334 g/mol. The van der Waals surface area contributed by atoms with Gasteiger partial charge in [-0.2, -0.15) is 0 Å². The van der Waals surface area contributed by atoms with E-state index in [2.05, 4.69) is 60.7 Å². The molecule has 0 radical (unpaired) electrons. The van der Waals surface area contributed by atoms with Gasteiger partial charge in [-0.25, -0.2) is 0 Å². The zero-order chi connectivity index (χ0) is 16.8. The Labute approximate surface area is 145 Å². The molecular formula is C20H18O2P2. The summed E-state index contributed by atoms with van der Waals surface area (Å²) in [5.74, 6) is 0. The van der Waals surface area contributed by atoms with E-state index in [9.17, 15) is 9.59 Å². The summed E-state index contributed by atoms with van der Waals surface area (Å²) in [4.78, 5) is 21.0. The Hall–Kier alpha value is -1.88. The van der Waals surface area contributed by atoms with Crippen molar-refractivity contribution < 1.29 is 9.59 Å². The molecule has 3 rings (SSSR count). The minimum Gasteiger partial charge on any atom is -0.299 e. The third kappa shape index (κ3) is 4.15. The van der Waals surface area contributed by atoms with Crippen molar-refractivity contribution in [2.24, 2.45) is 0 Å². The number of carbonyl (C=O) groups is 2. The Bertz CT molecular complexity index is 857. The third-order valence-corrected chi connectivity index (χ3v) is 5.53. The van der Waals surface area contributed by atoms with E-state index >= 15 is 0 Å². The van der Waals surface area contributed by atoms with Gasteiger partial charge in [0, 0.05) is 0 Å². The predicted octanol–water partition coefficient (Wildman–Crippen LogP) is 5.24. The van der Waals surface area contributed by atoms with Gasteiger partial charge in [0.15, 0.2) is 0 Å². The maximum absolute atomic E-state index is 10.5. The average molecular weight is 352 g/mol. The Morgan fingerprint density at radius 2 is 1.17 bits per heavy atom. The molecule has 0 N–H and O–H groups in total. The molecule has 2 unspecified atom stereocenters. The van der Waals surface area contributed by atoms with E-state index in [0.29, 0.717) is 17.2 Å². The van der Waals surface area contributed by atoms with E-state index in [1.165, 1.54) is 33.0 Å². The fraction of sp³-hybridized carbons (Fsp3) is 0.100. The summed E-state index contributed by atoms with van der Waals surface area (Å²) in [6.07, 6.45) is 1.65. The van der Waals surface area contributed by atoms with E-state index in [-0.39, 0.29) is 0 Å². The van der Waals surface area contributed by atoms with Crippen LogP contribution in [0.5, 0.6) is 0 Å². The molecule has 0 aliphatic carbocycles. The van der Waals surface area contributed by atoms with Gasteiger partial charge in [0.1, 0.15) is 12.1 Å². The maximum Gasteiger partial charge on any atom is 0.139 e. The Morgan fingerprint density at radius 3 is 1.88 bits per heavy atom. The monoisotopic (exact) mass is 352 g/mol. The molecule has 0 bridgehead atoms. The molecule has 0 heterocycles. The summed E-state index contributed by atoms with van der Waals surface area (Å²) in [6, 6.07) is 23.3. The molecule has 0 saturated carbocycles. The molecule has 120 valence electrons. The second-order valence-corrected chi connectivity index (χ2v) is 7.59. The highest BCUT2D eigenvalue weighted by Gasteiger charge is 2.02. The quantitative estimate of drug-likeness (QED) is 0.430. The van der Waals surface area contributed by atoms with Gasteiger partial charge in [-0.05, 0) is 68.6 Å². The van der Waals surface area contributed by atoms with Crippen molar-refractivity contribution in [2.45, 2.75) is 12.3 Å².